The van der Waals surface area contributed by atoms with Gasteiger partial charge in [0.2, 0.25) is 5.95 Å². The Hall–Kier alpha value is -4.40. The molecule has 0 saturated carbocycles. The average Bonchev–Trinajstić information content (AvgIpc) is 3.18. The zero-order valence-electron chi connectivity index (χ0n) is 16.1. The monoisotopic (exact) mass is 401 g/mol. The van der Waals surface area contributed by atoms with Crippen LogP contribution < -0.4 is 16.8 Å². The lowest BCUT2D eigenvalue weighted by molar-refractivity contribution is 0.0603. The number of nitrogens with one attached hydrogen (secondary N) is 3. The summed E-state index contributed by atoms with van der Waals surface area (Å²) in [5.74, 6) is 0.228. The average molecular weight is 401 g/mol. The van der Waals surface area contributed by atoms with E-state index in [0.717, 1.165) is 5.39 Å². The molecule has 2 aromatic carbocycles. The number of nitrogen functional groups attached to an aromatic ring is 2. The number of nitrogens with zero attached hydrogens (tertiary/aromatic N) is 2. The lowest BCUT2D eigenvalue weighted by Gasteiger charge is -2.12. The highest BCUT2D eigenvalue weighted by atomic mass is 16.5. The molecule has 0 spiro atoms. The van der Waals surface area contributed by atoms with Crippen LogP contribution in [0.15, 0.2) is 48.7 Å². The third-order valence-electron chi connectivity index (χ3n) is 4.67. The van der Waals surface area contributed by atoms with Crippen LogP contribution in [-0.2, 0) is 4.74 Å². The van der Waals surface area contributed by atoms with Crippen LogP contribution in [0, 0.1) is 5.41 Å². The number of esters is 1. The Bertz CT molecular complexity index is 1280. The van der Waals surface area contributed by atoms with E-state index in [9.17, 15) is 4.79 Å². The van der Waals surface area contributed by atoms with Crippen LogP contribution in [0.25, 0.3) is 22.2 Å². The molecule has 0 aliphatic rings. The second-order valence-corrected chi connectivity index (χ2v) is 6.54. The summed E-state index contributed by atoms with van der Waals surface area (Å²) in [6.07, 6.45) is 2.73. The lowest BCUT2D eigenvalue weighted by atomic mass is 10.0. The Morgan fingerprint density at radius 3 is 2.80 bits per heavy atom. The molecule has 0 saturated heterocycles. The third-order valence-corrected chi connectivity index (χ3v) is 4.67. The zero-order valence-corrected chi connectivity index (χ0v) is 16.1. The highest BCUT2D eigenvalue weighted by Crippen LogP contribution is 2.34. The van der Waals surface area contributed by atoms with Gasteiger partial charge in [-0.3, -0.25) is 0 Å². The van der Waals surface area contributed by atoms with Gasteiger partial charge in [-0.25, -0.2) is 9.78 Å². The number of benzene rings is 2. The van der Waals surface area contributed by atoms with E-state index in [0.29, 0.717) is 45.1 Å². The van der Waals surface area contributed by atoms with Gasteiger partial charge in [-0.1, -0.05) is 12.1 Å². The molecule has 0 fully saturated rings. The molecule has 7 N–H and O–H groups in total. The minimum Gasteiger partial charge on any atom is -0.465 e. The molecule has 0 aliphatic heterocycles. The second-order valence-electron chi connectivity index (χ2n) is 6.54. The summed E-state index contributed by atoms with van der Waals surface area (Å²) in [6.45, 7) is 0. The molecule has 9 heteroatoms. The van der Waals surface area contributed by atoms with Gasteiger partial charge in [0.15, 0.2) is 0 Å². The molecule has 4 rings (SSSR count). The van der Waals surface area contributed by atoms with Gasteiger partial charge in [0.25, 0.3) is 0 Å². The highest BCUT2D eigenvalue weighted by molar-refractivity contribution is 6.05. The molecule has 30 heavy (non-hydrogen) atoms. The molecule has 0 radical (unpaired) electrons. The van der Waals surface area contributed by atoms with E-state index < -0.39 is 5.97 Å². The van der Waals surface area contributed by atoms with Gasteiger partial charge in [-0.05, 0) is 30.3 Å². The van der Waals surface area contributed by atoms with E-state index in [-0.39, 0.29) is 5.95 Å². The minimum absolute atomic E-state index is 0.147. The van der Waals surface area contributed by atoms with Crippen molar-refractivity contribution < 1.29 is 9.53 Å². The quantitative estimate of drug-likeness (QED) is 0.195. The first-order chi connectivity index (χ1) is 14.5. The van der Waals surface area contributed by atoms with Gasteiger partial charge in [-0.15, -0.1) is 0 Å². The minimum atomic E-state index is -0.432. The van der Waals surface area contributed by atoms with Crippen molar-refractivity contribution in [1.82, 2.24) is 15.0 Å². The Labute approximate surface area is 171 Å². The number of aromatic amines is 1. The van der Waals surface area contributed by atoms with Crippen LogP contribution in [0.1, 0.15) is 15.9 Å². The summed E-state index contributed by atoms with van der Waals surface area (Å²) in [6, 6.07) is 12.5. The molecule has 0 unspecified atom stereocenters. The first-order valence-corrected chi connectivity index (χ1v) is 9.00. The van der Waals surface area contributed by atoms with E-state index in [2.05, 4.69) is 20.3 Å². The third kappa shape index (κ3) is 3.39. The van der Waals surface area contributed by atoms with Crippen molar-refractivity contribution in [3.05, 3.63) is 59.8 Å². The van der Waals surface area contributed by atoms with Gasteiger partial charge in [0.05, 0.1) is 18.2 Å². The first kappa shape index (κ1) is 18.9. The first-order valence-electron chi connectivity index (χ1n) is 9.00. The normalized spacial score (nSPS) is 10.7. The van der Waals surface area contributed by atoms with Crippen molar-refractivity contribution in [1.29, 1.82) is 5.41 Å². The number of ether oxygens (including phenoxy) is 1. The van der Waals surface area contributed by atoms with Gasteiger partial charge >= 0.3 is 5.97 Å². The maximum Gasteiger partial charge on any atom is 0.339 e. The summed E-state index contributed by atoms with van der Waals surface area (Å²) in [4.78, 5) is 23.4. The van der Waals surface area contributed by atoms with Crippen LogP contribution in [0.3, 0.4) is 0 Å². The number of fused-ring (bicyclic) bond motifs is 1. The zero-order chi connectivity index (χ0) is 21.3. The number of hydrogen-bond donors (Lipinski definition) is 5. The van der Waals surface area contributed by atoms with Crippen LogP contribution in [0.2, 0.25) is 0 Å². The van der Waals surface area contributed by atoms with Gasteiger partial charge in [0.1, 0.15) is 5.82 Å². The molecule has 4 aromatic rings. The number of anilines is 4. The van der Waals surface area contributed by atoms with Crippen LogP contribution in [-0.4, -0.2) is 34.2 Å². The van der Waals surface area contributed by atoms with E-state index in [4.69, 9.17) is 21.6 Å². The van der Waals surface area contributed by atoms with Crippen molar-refractivity contribution in [3.8, 4) is 11.3 Å². The lowest BCUT2D eigenvalue weighted by Crippen LogP contribution is -2.02. The maximum atomic E-state index is 12.1. The molecular formula is C21H19N7O2. The van der Waals surface area contributed by atoms with Crippen molar-refractivity contribution in [3.63, 3.8) is 0 Å². The van der Waals surface area contributed by atoms with Crippen molar-refractivity contribution in [2.45, 2.75) is 0 Å². The number of rotatable bonds is 5. The number of hydrogen-bond acceptors (Lipinski definition) is 8. The molecule has 2 aromatic heterocycles. The Kier molecular flexibility index (Phi) is 4.77. The Morgan fingerprint density at radius 2 is 2.07 bits per heavy atom. The predicted octanol–water partition coefficient (Wildman–Crippen LogP) is 3.32. The maximum absolute atomic E-state index is 12.1. The summed E-state index contributed by atoms with van der Waals surface area (Å²) >= 11 is 0. The number of carbonyl (C=O) groups excluding carboxylic acids is 1. The fourth-order valence-corrected chi connectivity index (χ4v) is 3.26. The van der Waals surface area contributed by atoms with Crippen molar-refractivity contribution in [2.24, 2.45) is 0 Å². The van der Waals surface area contributed by atoms with Crippen LogP contribution in [0.5, 0.6) is 0 Å². The fourth-order valence-electron chi connectivity index (χ4n) is 3.26. The molecular weight excluding hydrogens is 382 g/mol. The molecule has 0 aliphatic carbocycles. The predicted molar refractivity (Wildman–Crippen MR) is 117 cm³/mol. The standard InChI is InChI=1S/C21H19N7O2/c1-30-20(29)14-4-2-3-11-8-16(27-19(11)14)15-9-13(7-12(10-22)18(15)23)26-17-5-6-25-21(24)28-17/h2-10,22,27H,23H2,1H3,(H3,24,25,26,28). The van der Waals surface area contributed by atoms with Crippen molar-refractivity contribution in [2.75, 3.05) is 23.9 Å². The topological polar surface area (TPSA) is 156 Å². The molecule has 150 valence electrons. The van der Waals surface area contributed by atoms with Crippen molar-refractivity contribution >= 4 is 46.2 Å². The van der Waals surface area contributed by atoms with Crippen LogP contribution >= 0.6 is 0 Å². The summed E-state index contributed by atoms with van der Waals surface area (Å²) in [5.41, 5.74) is 16.1. The van der Waals surface area contributed by atoms with Gasteiger partial charge in [-0.2, -0.15) is 4.98 Å². The summed E-state index contributed by atoms with van der Waals surface area (Å²) in [5, 5.41) is 11.7. The molecule has 0 bridgehead atoms. The molecule has 9 nitrogen and oxygen atoms in total. The Balaban J connectivity index is 1.84. The van der Waals surface area contributed by atoms with Crippen LogP contribution in [0.4, 0.5) is 23.1 Å². The highest BCUT2D eigenvalue weighted by Gasteiger charge is 2.16. The summed E-state index contributed by atoms with van der Waals surface area (Å²) < 4.78 is 4.87. The van der Waals surface area contributed by atoms with Gasteiger partial charge < -0.3 is 31.9 Å². The van der Waals surface area contributed by atoms with E-state index >= 15 is 0 Å². The van der Waals surface area contributed by atoms with E-state index in [1.165, 1.54) is 13.3 Å². The molecule has 0 amide bonds. The number of para-hydroxylation sites is 1. The molecule has 0 atom stereocenters. The Morgan fingerprint density at radius 1 is 1.23 bits per heavy atom. The SMILES string of the molecule is COC(=O)c1cccc2cc(-c3cc(Nc4ccnc(N)n4)cc(C=N)c3N)[nH]c12. The number of nitrogens with two attached hydrogens (primary N) is 2. The number of carbonyl (C=O) groups is 1. The van der Waals surface area contributed by atoms with Gasteiger partial charge in [0, 0.05) is 46.0 Å². The smallest absolute Gasteiger partial charge is 0.339 e. The summed E-state index contributed by atoms with van der Waals surface area (Å²) in [7, 11) is 1.34. The number of aromatic nitrogens is 3. The fraction of sp³-hybridized carbons (Fsp3) is 0.0476. The largest absolute Gasteiger partial charge is 0.465 e. The van der Waals surface area contributed by atoms with E-state index in [1.54, 1.807) is 30.5 Å². The molecule has 2 heterocycles. The van der Waals surface area contributed by atoms with E-state index in [1.807, 2.05) is 18.2 Å². The second kappa shape index (κ2) is 7.55. The number of H-pyrrole nitrogens is 1. The number of methoxy groups -OCH3 is 1.